The van der Waals surface area contributed by atoms with E-state index in [9.17, 15) is 9.59 Å². The Hall–Kier alpha value is -1.68. The molecule has 156 valence electrons. The van der Waals surface area contributed by atoms with Gasteiger partial charge in [-0.2, -0.15) is 0 Å². The summed E-state index contributed by atoms with van der Waals surface area (Å²) in [6, 6.07) is 0. The van der Waals surface area contributed by atoms with Crippen LogP contribution in [0.5, 0.6) is 0 Å². The lowest BCUT2D eigenvalue weighted by Gasteiger charge is -2.28. The molecular weight excluding hydrogens is 388 g/mol. The van der Waals surface area contributed by atoms with Crippen molar-refractivity contribution in [2.45, 2.75) is 6.92 Å². The smallest absolute Gasteiger partial charge is 0.349 e. The third kappa shape index (κ3) is 7.45. The highest BCUT2D eigenvalue weighted by Gasteiger charge is 2.26. The van der Waals surface area contributed by atoms with Crippen LogP contribution in [0.2, 0.25) is 0 Å². The minimum absolute atomic E-state index is 0.266. The van der Waals surface area contributed by atoms with Crippen molar-refractivity contribution in [3.05, 3.63) is 21.5 Å². The maximum Gasteiger partial charge on any atom is 0.349 e. The van der Waals surface area contributed by atoms with E-state index >= 15 is 0 Å². The van der Waals surface area contributed by atoms with E-state index in [0.717, 1.165) is 0 Å². The maximum atomic E-state index is 12.6. The van der Waals surface area contributed by atoms with Crippen molar-refractivity contribution >= 4 is 33.5 Å². The Kier molecular flexibility index (Phi) is 11.2. The van der Waals surface area contributed by atoms with Gasteiger partial charge in [-0.05, 0) is 28.5 Å². The lowest BCUT2D eigenvalue weighted by molar-refractivity contribution is -0.138. The lowest BCUT2D eigenvalue weighted by atomic mass is 10.4. The number of hydrogen-bond acceptors (Lipinski definition) is 10. The van der Waals surface area contributed by atoms with Crippen molar-refractivity contribution in [1.82, 2.24) is 19.6 Å². The molecule has 0 aliphatic rings. The molecule has 0 saturated carbocycles. The molecule has 0 aliphatic heterocycles. The summed E-state index contributed by atoms with van der Waals surface area (Å²) in [4.78, 5) is 33.1. The second-order valence-corrected chi connectivity index (χ2v) is 8.41. The molecule has 0 aliphatic carbocycles. The van der Waals surface area contributed by atoms with Crippen LogP contribution in [0.25, 0.3) is 0 Å². The van der Waals surface area contributed by atoms with E-state index in [1.165, 1.54) is 28.7 Å². The molecule has 0 aromatic heterocycles. The Balaban J connectivity index is 6.17. The number of esters is 2. The van der Waals surface area contributed by atoms with Gasteiger partial charge >= 0.3 is 11.9 Å². The van der Waals surface area contributed by atoms with Crippen LogP contribution in [0.15, 0.2) is 21.5 Å². The SMILES string of the molecule is CCOC(=O)C(SSC(C(=O)OC)=C(N(C)C)N(C)C)=C(N(C)C)N(C)C. The molecule has 0 saturated heterocycles. The van der Waals surface area contributed by atoms with Crippen LogP contribution in [0.4, 0.5) is 0 Å². The van der Waals surface area contributed by atoms with E-state index in [1.54, 1.807) is 6.92 Å². The minimum atomic E-state index is -0.468. The summed E-state index contributed by atoms with van der Waals surface area (Å²) in [7, 11) is 18.5. The quantitative estimate of drug-likeness (QED) is 0.296. The summed E-state index contributed by atoms with van der Waals surface area (Å²) < 4.78 is 10.2. The van der Waals surface area contributed by atoms with Crippen LogP contribution >= 0.6 is 21.6 Å². The van der Waals surface area contributed by atoms with Crippen molar-refractivity contribution in [3.63, 3.8) is 0 Å². The number of rotatable bonds is 10. The van der Waals surface area contributed by atoms with Gasteiger partial charge in [0, 0.05) is 56.4 Å². The number of methoxy groups -OCH3 is 1. The third-order valence-corrected chi connectivity index (χ3v) is 5.51. The molecule has 0 spiro atoms. The number of ether oxygens (including phenoxy) is 2. The molecule has 0 N–H and O–H groups in total. The van der Waals surface area contributed by atoms with Gasteiger partial charge in [-0.25, -0.2) is 9.59 Å². The first-order valence-corrected chi connectivity index (χ1v) is 10.4. The molecule has 0 radical (unpaired) electrons. The molecule has 10 heteroatoms. The average molecular weight is 421 g/mol. The molecule has 27 heavy (non-hydrogen) atoms. The van der Waals surface area contributed by atoms with Crippen LogP contribution < -0.4 is 0 Å². The first kappa shape index (κ1) is 25.3. The Bertz CT molecular complexity index is 567. The molecule has 0 bridgehead atoms. The van der Waals surface area contributed by atoms with E-state index in [2.05, 4.69) is 0 Å². The van der Waals surface area contributed by atoms with E-state index in [4.69, 9.17) is 9.47 Å². The first-order chi connectivity index (χ1) is 12.5. The number of carbonyl (C=O) groups excluding carboxylic acids is 2. The number of carbonyl (C=O) groups is 2. The van der Waals surface area contributed by atoms with Crippen molar-refractivity contribution in [1.29, 1.82) is 0 Å². The Morgan fingerprint density at radius 1 is 0.704 bits per heavy atom. The Morgan fingerprint density at radius 2 is 1.04 bits per heavy atom. The van der Waals surface area contributed by atoms with Gasteiger partial charge in [-0.15, -0.1) is 0 Å². The molecule has 0 heterocycles. The van der Waals surface area contributed by atoms with E-state index < -0.39 is 11.9 Å². The lowest BCUT2D eigenvalue weighted by Crippen LogP contribution is -2.29. The Morgan fingerprint density at radius 3 is 1.30 bits per heavy atom. The number of nitrogens with zero attached hydrogens (tertiary/aromatic N) is 4. The predicted octanol–water partition coefficient (Wildman–Crippen LogP) is 1.69. The van der Waals surface area contributed by atoms with Crippen LogP contribution in [0, 0.1) is 0 Å². The van der Waals surface area contributed by atoms with Crippen LogP contribution in [0.3, 0.4) is 0 Å². The zero-order valence-electron chi connectivity index (χ0n) is 17.9. The molecular formula is C17H32N4O4S2. The third-order valence-electron chi connectivity index (χ3n) is 3.14. The largest absolute Gasteiger partial charge is 0.465 e. The molecule has 0 rings (SSSR count). The average Bonchev–Trinajstić information content (AvgIpc) is 2.54. The first-order valence-electron chi connectivity index (χ1n) is 8.27. The molecule has 0 amide bonds. The highest BCUT2D eigenvalue weighted by atomic mass is 33.1. The van der Waals surface area contributed by atoms with E-state index in [-0.39, 0.29) is 6.61 Å². The predicted molar refractivity (Wildman–Crippen MR) is 113 cm³/mol. The highest BCUT2D eigenvalue weighted by molar-refractivity contribution is 8.80. The fourth-order valence-electron chi connectivity index (χ4n) is 2.31. The number of hydrogen-bond donors (Lipinski definition) is 0. The van der Waals surface area contributed by atoms with Gasteiger partial charge in [0.1, 0.15) is 21.5 Å². The van der Waals surface area contributed by atoms with Gasteiger partial charge in [-0.1, -0.05) is 0 Å². The topological polar surface area (TPSA) is 65.6 Å². The summed E-state index contributed by atoms with van der Waals surface area (Å²) >= 11 is 0. The fourth-order valence-corrected chi connectivity index (χ4v) is 4.99. The van der Waals surface area contributed by atoms with Crippen molar-refractivity contribution < 1.29 is 19.1 Å². The van der Waals surface area contributed by atoms with E-state index in [1.807, 2.05) is 76.0 Å². The van der Waals surface area contributed by atoms with Crippen molar-refractivity contribution in [2.24, 2.45) is 0 Å². The van der Waals surface area contributed by atoms with Gasteiger partial charge in [0.15, 0.2) is 0 Å². The molecule has 0 atom stereocenters. The zero-order chi connectivity index (χ0) is 21.3. The summed E-state index contributed by atoms with van der Waals surface area (Å²) in [5.74, 6) is 0.461. The van der Waals surface area contributed by atoms with Gasteiger partial charge in [-0.3, -0.25) is 0 Å². The summed E-state index contributed by atoms with van der Waals surface area (Å²) in [5, 5.41) is 0. The normalized spacial score (nSPS) is 9.85. The second-order valence-electron chi connectivity index (χ2n) is 6.26. The van der Waals surface area contributed by atoms with Gasteiger partial charge in [0.05, 0.1) is 13.7 Å². The van der Waals surface area contributed by atoms with E-state index in [0.29, 0.717) is 21.5 Å². The fraction of sp³-hybridized carbons (Fsp3) is 0.647. The minimum Gasteiger partial charge on any atom is -0.465 e. The maximum absolute atomic E-state index is 12.6. The monoisotopic (exact) mass is 420 g/mol. The van der Waals surface area contributed by atoms with Crippen molar-refractivity contribution in [2.75, 3.05) is 70.1 Å². The van der Waals surface area contributed by atoms with Gasteiger partial charge in [0.2, 0.25) is 0 Å². The molecule has 0 unspecified atom stereocenters. The van der Waals surface area contributed by atoms with Crippen LogP contribution in [-0.2, 0) is 19.1 Å². The van der Waals surface area contributed by atoms with Gasteiger partial charge < -0.3 is 29.1 Å². The standard InChI is InChI=1S/C17H32N4O4S2/c1-11-25-17(23)13(15(20(6)7)21(8)9)27-26-12(16(22)24-10)14(18(2)3)19(4)5/h11H2,1-10H3. The summed E-state index contributed by atoms with van der Waals surface area (Å²) in [6.07, 6.45) is 0. The van der Waals surface area contributed by atoms with Crippen molar-refractivity contribution in [3.8, 4) is 0 Å². The molecule has 8 nitrogen and oxygen atoms in total. The highest BCUT2D eigenvalue weighted by Crippen LogP contribution is 2.41. The molecule has 0 fully saturated rings. The molecule has 0 aromatic rings. The Labute approximate surface area is 170 Å². The van der Waals surface area contributed by atoms with Crippen LogP contribution in [0.1, 0.15) is 6.92 Å². The molecule has 0 aromatic carbocycles. The zero-order valence-corrected chi connectivity index (χ0v) is 19.6. The summed E-state index contributed by atoms with van der Waals surface area (Å²) in [6.45, 7) is 2.02. The van der Waals surface area contributed by atoms with Crippen LogP contribution in [-0.4, -0.2) is 102 Å². The summed E-state index contributed by atoms with van der Waals surface area (Å²) in [5.41, 5.74) is 0. The van der Waals surface area contributed by atoms with Gasteiger partial charge in [0.25, 0.3) is 0 Å². The second kappa shape index (κ2) is 11.9.